The second kappa shape index (κ2) is 6.59. The van der Waals surface area contributed by atoms with Gasteiger partial charge in [0.2, 0.25) is 0 Å². The highest BCUT2D eigenvalue weighted by molar-refractivity contribution is 7.99. The monoisotopic (exact) mass is 325 g/mol. The fraction of sp³-hybridized carbons (Fsp3) is 0.263. The molecule has 2 amide bonds. The Morgan fingerprint density at radius 1 is 1.13 bits per heavy atom. The van der Waals surface area contributed by atoms with Crippen molar-refractivity contribution in [3.63, 3.8) is 0 Å². The number of rotatable bonds is 6. The van der Waals surface area contributed by atoms with E-state index in [1.54, 1.807) is 23.9 Å². The molecule has 4 heteroatoms. The lowest BCUT2D eigenvalue weighted by molar-refractivity contribution is 0.0629. The van der Waals surface area contributed by atoms with E-state index in [1.807, 2.05) is 24.3 Å². The van der Waals surface area contributed by atoms with Crippen molar-refractivity contribution in [3.05, 3.63) is 54.1 Å². The molecule has 23 heavy (non-hydrogen) atoms. The Labute approximate surface area is 140 Å². The summed E-state index contributed by atoms with van der Waals surface area (Å²) in [5.74, 6) is 0.576. The third kappa shape index (κ3) is 2.68. The molecule has 1 aliphatic rings. The van der Waals surface area contributed by atoms with E-state index in [0.717, 1.165) is 34.3 Å². The molecule has 1 aliphatic heterocycles. The van der Waals surface area contributed by atoms with Crippen molar-refractivity contribution in [2.75, 3.05) is 12.3 Å². The lowest BCUT2D eigenvalue weighted by Crippen LogP contribution is -2.40. The maximum atomic E-state index is 12.6. The minimum absolute atomic E-state index is 0.233. The van der Waals surface area contributed by atoms with E-state index in [-0.39, 0.29) is 18.4 Å². The van der Waals surface area contributed by atoms with Gasteiger partial charge in [-0.05, 0) is 35.8 Å². The molecule has 2 aromatic carbocycles. The number of carbonyl (C=O) groups is 2. The molecule has 0 unspecified atom stereocenters. The van der Waals surface area contributed by atoms with Crippen molar-refractivity contribution < 1.29 is 9.59 Å². The zero-order valence-corrected chi connectivity index (χ0v) is 14.0. The van der Waals surface area contributed by atoms with Crippen molar-refractivity contribution in [2.24, 2.45) is 0 Å². The van der Waals surface area contributed by atoms with Crippen LogP contribution in [0.2, 0.25) is 0 Å². The van der Waals surface area contributed by atoms with Gasteiger partial charge in [0.05, 0.1) is 0 Å². The molecular formula is C19H19NO2S. The van der Waals surface area contributed by atoms with Crippen LogP contribution in [0.5, 0.6) is 0 Å². The summed E-state index contributed by atoms with van der Waals surface area (Å²) in [5.41, 5.74) is 1.22. The minimum Gasteiger partial charge on any atom is -0.270 e. The fourth-order valence-electron chi connectivity index (χ4n) is 2.87. The summed E-state index contributed by atoms with van der Waals surface area (Å²) in [6.45, 7) is 6.04. The van der Waals surface area contributed by atoms with Crippen LogP contribution < -0.4 is 0 Å². The molecule has 118 valence electrons. The Bertz CT molecular complexity index is 775. The molecule has 0 atom stereocenters. The first kappa shape index (κ1) is 15.8. The highest BCUT2D eigenvalue weighted by atomic mass is 32.2. The molecule has 0 fully saturated rings. The summed E-state index contributed by atoms with van der Waals surface area (Å²) in [6.07, 6.45) is 3.89. The molecule has 0 aromatic heterocycles. The highest BCUT2D eigenvalue weighted by Gasteiger charge is 2.32. The van der Waals surface area contributed by atoms with Crippen molar-refractivity contribution in [1.29, 1.82) is 0 Å². The molecule has 0 saturated carbocycles. The van der Waals surface area contributed by atoms with Crippen LogP contribution in [0.3, 0.4) is 0 Å². The molecule has 0 aliphatic carbocycles. The zero-order chi connectivity index (χ0) is 16.4. The van der Waals surface area contributed by atoms with Crippen molar-refractivity contribution >= 4 is 34.3 Å². The van der Waals surface area contributed by atoms with E-state index in [9.17, 15) is 9.59 Å². The van der Waals surface area contributed by atoms with Gasteiger partial charge in [-0.2, -0.15) is 0 Å². The van der Waals surface area contributed by atoms with Gasteiger partial charge < -0.3 is 0 Å². The van der Waals surface area contributed by atoms with Crippen molar-refractivity contribution in [3.8, 4) is 0 Å². The smallest absolute Gasteiger partial charge is 0.261 e. The molecule has 2 aromatic rings. The SMILES string of the molecule is C=CCN1C(=O)c2cccc3c(SCCCC)ccc(c23)C1=O. The van der Waals surface area contributed by atoms with E-state index < -0.39 is 0 Å². The molecule has 3 nitrogen and oxygen atoms in total. The van der Waals surface area contributed by atoms with Crippen LogP contribution in [0.25, 0.3) is 10.8 Å². The number of amides is 2. The van der Waals surface area contributed by atoms with Gasteiger partial charge in [0.15, 0.2) is 0 Å². The summed E-state index contributed by atoms with van der Waals surface area (Å²) in [4.78, 5) is 27.6. The van der Waals surface area contributed by atoms with Crippen LogP contribution in [0.4, 0.5) is 0 Å². The predicted octanol–water partition coefficient (Wildman–Crippen LogP) is 4.51. The van der Waals surface area contributed by atoms with Crippen molar-refractivity contribution in [2.45, 2.75) is 24.7 Å². The number of hydrogen-bond donors (Lipinski definition) is 0. The zero-order valence-electron chi connectivity index (χ0n) is 13.2. The van der Waals surface area contributed by atoms with Crippen molar-refractivity contribution in [1.82, 2.24) is 4.90 Å². The molecule has 1 heterocycles. The topological polar surface area (TPSA) is 37.4 Å². The van der Waals surface area contributed by atoms with E-state index >= 15 is 0 Å². The summed E-state index contributed by atoms with van der Waals surface area (Å²) >= 11 is 1.79. The van der Waals surface area contributed by atoms with Gasteiger partial charge in [-0.25, -0.2) is 0 Å². The average molecular weight is 325 g/mol. The third-order valence-corrected chi connectivity index (χ3v) is 5.18. The maximum Gasteiger partial charge on any atom is 0.261 e. The van der Waals surface area contributed by atoms with Gasteiger partial charge in [-0.15, -0.1) is 18.3 Å². The lowest BCUT2D eigenvalue weighted by Gasteiger charge is -2.26. The Hall–Kier alpha value is -2.07. The Balaban J connectivity index is 2.13. The normalized spacial score (nSPS) is 13.7. The van der Waals surface area contributed by atoms with Crippen LogP contribution in [0.15, 0.2) is 47.9 Å². The van der Waals surface area contributed by atoms with Gasteiger partial charge in [-0.1, -0.05) is 31.6 Å². The Morgan fingerprint density at radius 2 is 1.87 bits per heavy atom. The van der Waals surface area contributed by atoms with Crippen LogP contribution in [-0.4, -0.2) is 29.0 Å². The van der Waals surface area contributed by atoms with Gasteiger partial charge in [-0.3, -0.25) is 14.5 Å². The first-order valence-electron chi connectivity index (χ1n) is 7.84. The maximum absolute atomic E-state index is 12.6. The molecule has 0 bridgehead atoms. The highest BCUT2D eigenvalue weighted by Crippen LogP contribution is 2.36. The Morgan fingerprint density at radius 3 is 2.57 bits per heavy atom. The average Bonchev–Trinajstić information content (AvgIpc) is 2.57. The number of hydrogen-bond acceptors (Lipinski definition) is 3. The summed E-state index contributed by atoms with van der Waals surface area (Å²) in [6, 6.07) is 9.55. The largest absolute Gasteiger partial charge is 0.270 e. The van der Waals surface area contributed by atoms with Crippen LogP contribution in [0, 0.1) is 0 Å². The van der Waals surface area contributed by atoms with Crippen LogP contribution >= 0.6 is 11.8 Å². The van der Waals surface area contributed by atoms with E-state index in [2.05, 4.69) is 13.5 Å². The van der Waals surface area contributed by atoms with Gasteiger partial charge in [0.1, 0.15) is 0 Å². The molecule has 0 N–H and O–H groups in total. The number of unbranched alkanes of at least 4 members (excludes halogenated alkanes) is 1. The van der Waals surface area contributed by atoms with E-state index in [4.69, 9.17) is 0 Å². The molecular weight excluding hydrogens is 306 g/mol. The second-order valence-corrected chi connectivity index (χ2v) is 6.69. The summed E-state index contributed by atoms with van der Waals surface area (Å²) in [5, 5.41) is 1.80. The summed E-state index contributed by atoms with van der Waals surface area (Å²) < 4.78 is 0. The molecule has 3 rings (SSSR count). The molecule has 0 saturated heterocycles. The van der Waals surface area contributed by atoms with Gasteiger partial charge in [0, 0.05) is 28.0 Å². The van der Waals surface area contributed by atoms with Crippen LogP contribution in [0.1, 0.15) is 40.5 Å². The molecule has 0 radical (unpaired) electrons. The van der Waals surface area contributed by atoms with Crippen LogP contribution in [-0.2, 0) is 0 Å². The summed E-state index contributed by atoms with van der Waals surface area (Å²) in [7, 11) is 0. The fourth-order valence-corrected chi connectivity index (χ4v) is 4.01. The molecule has 0 spiro atoms. The van der Waals surface area contributed by atoms with E-state index in [0.29, 0.717) is 11.1 Å². The predicted molar refractivity (Wildman–Crippen MR) is 95.1 cm³/mol. The third-order valence-electron chi connectivity index (χ3n) is 4.02. The van der Waals surface area contributed by atoms with Gasteiger partial charge >= 0.3 is 0 Å². The standard InChI is InChI=1S/C19H19NO2S/c1-3-5-12-23-16-10-9-15-17-13(16)7-6-8-14(17)18(21)20(11-4-2)19(15)22/h4,6-10H,2-3,5,11-12H2,1H3. The number of carbonyl (C=O) groups excluding carboxylic acids is 2. The number of imide groups is 1. The minimum atomic E-state index is -0.233. The van der Waals surface area contributed by atoms with Gasteiger partial charge in [0.25, 0.3) is 11.8 Å². The first-order valence-corrected chi connectivity index (χ1v) is 8.83. The van der Waals surface area contributed by atoms with E-state index in [1.165, 1.54) is 4.90 Å². The number of nitrogens with zero attached hydrogens (tertiary/aromatic N) is 1. The quantitative estimate of drug-likeness (QED) is 0.339. The lowest BCUT2D eigenvalue weighted by atomic mass is 9.94. The number of thioether (sulfide) groups is 1. The first-order chi connectivity index (χ1) is 11.2. The second-order valence-electron chi connectivity index (χ2n) is 5.55. The Kier molecular flexibility index (Phi) is 4.53. The number of benzene rings is 2.